The zero-order chi connectivity index (χ0) is 10.7. The highest BCUT2D eigenvalue weighted by molar-refractivity contribution is 5.70. The van der Waals surface area contributed by atoms with Crippen molar-refractivity contribution in [3.63, 3.8) is 0 Å². The van der Waals surface area contributed by atoms with E-state index in [0.29, 0.717) is 6.61 Å². The Balaban J connectivity index is 3.78. The summed E-state index contributed by atoms with van der Waals surface area (Å²) in [6, 6.07) is 0. The summed E-state index contributed by atoms with van der Waals surface area (Å²) in [4.78, 5) is 11.1. The van der Waals surface area contributed by atoms with E-state index in [9.17, 15) is 9.90 Å². The Morgan fingerprint density at radius 2 is 1.69 bits per heavy atom. The molecule has 13 heavy (non-hydrogen) atoms. The molecule has 0 heterocycles. The average molecular weight is 188 g/mol. The third kappa shape index (κ3) is 9.34. The van der Waals surface area contributed by atoms with Crippen molar-refractivity contribution >= 4 is 5.97 Å². The highest BCUT2D eigenvalue weighted by Crippen LogP contribution is 2.15. The number of rotatable bonds is 3. The number of hydrogen-bond donors (Lipinski definition) is 1. The van der Waals surface area contributed by atoms with Crippen molar-refractivity contribution in [2.45, 2.75) is 46.6 Å². The molecular formula is C10H20O3. The van der Waals surface area contributed by atoms with Crippen LogP contribution < -0.4 is 0 Å². The fraction of sp³-hybridized carbons (Fsp3) is 0.900. The summed E-state index contributed by atoms with van der Waals surface area (Å²) >= 11 is 0. The second kappa shape index (κ2) is 4.09. The molecule has 0 atom stereocenters. The number of hydrogen-bond acceptors (Lipinski definition) is 3. The Morgan fingerprint density at radius 1 is 1.23 bits per heavy atom. The minimum atomic E-state index is -0.977. The molecule has 0 saturated carbocycles. The van der Waals surface area contributed by atoms with Crippen molar-refractivity contribution in [3.8, 4) is 0 Å². The van der Waals surface area contributed by atoms with Gasteiger partial charge >= 0.3 is 5.97 Å². The van der Waals surface area contributed by atoms with E-state index in [1.807, 2.05) is 20.8 Å². The summed E-state index contributed by atoms with van der Waals surface area (Å²) in [6.45, 7) is 9.54. The summed E-state index contributed by atoms with van der Waals surface area (Å²) < 4.78 is 4.98. The van der Waals surface area contributed by atoms with E-state index in [0.717, 1.165) is 0 Å². The summed E-state index contributed by atoms with van der Waals surface area (Å²) in [7, 11) is 0. The first-order valence-corrected chi connectivity index (χ1v) is 4.48. The van der Waals surface area contributed by atoms with Gasteiger partial charge in [0, 0.05) is 0 Å². The molecule has 0 unspecified atom stereocenters. The van der Waals surface area contributed by atoms with E-state index in [4.69, 9.17) is 4.74 Å². The fourth-order valence-electron chi connectivity index (χ4n) is 0.701. The minimum absolute atomic E-state index is 0.0186. The molecular weight excluding hydrogens is 168 g/mol. The smallest absolute Gasteiger partial charge is 0.308 e. The van der Waals surface area contributed by atoms with Crippen molar-refractivity contribution in [2.75, 3.05) is 6.61 Å². The topological polar surface area (TPSA) is 46.5 Å². The lowest BCUT2D eigenvalue weighted by molar-refractivity contribution is -0.150. The zero-order valence-electron chi connectivity index (χ0n) is 9.18. The molecule has 0 aliphatic rings. The molecule has 3 nitrogen and oxygen atoms in total. The molecule has 1 N–H and O–H groups in total. The normalized spacial score (nSPS) is 12.8. The van der Waals surface area contributed by atoms with E-state index in [1.54, 1.807) is 13.8 Å². The quantitative estimate of drug-likeness (QED) is 0.686. The van der Waals surface area contributed by atoms with Gasteiger partial charge in [-0.25, -0.2) is 0 Å². The van der Waals surface area contributed by atoms with Crippen LogP contribution in [0.1, 0.15) is 41.0 Å². The number of aliphatic hydroxyl groups is 1. The average Bonchev–Trinajstić information content (AvgIpc) is 1.78. The highest BCUT2D eigenvalue weighted by Gasteiger charge is 2.20. The second-order valence-corrected chi connectivity index (χ2v) is 5.21. The van der Waals surface area contributed by atoms with Gasteiger partial charge in [0.2, 0.25) is 0 Å². The van der Waals surface area contributed by atoms with Crippen molar-refractivity contribution in [3.05, 3.63) is 0 Å². The van der Waals surface area contributed by atoms with Crippen LogP contribution in [-0.4, -0.2) is 23.3 Å². The second-order valence-electron chi connectivity index (χ2n) is 5.21. The maximum absolute atomic E-state index is 11.1. The van der Waals surface area contributed by atoms with E-state index in [1.165, 1.54) is 0 Å². The van der Waals surface area contributed by atoms with Crippen LogP contribution in [0.5, 0.6) is 0 Å². The molecule has 0 bridgehead atoms. The van der Waals surface area contributed by atoms with Crippen LogP contribution in [0.3, 0.4) is 0 Å². The van der Waals surface area contributed by atoms with E-state index < -0.39 is 5.60 Å². The number of carbonyl (C=O) groups is 1. The molecule has 0 spiro atoms. The van der Waals surface area contributed by atoms with Gasteiger partial charge < -0.3 is 9.84 Å². The molecule has 0 aliphatic carbocycles. The van der Waals surface area contributed by atoms with E-state index in [2.05, 4.69) is 0 Å². The first-order chi connectivity index (χ1) is 5.60. The predicted octanol–water partition coefficient (Wildman–Crippen LogP) is 1.74. The van der Waals surface area contributed by atoms with Crippen molar-refractivity contribution in [1.82, 2.24) is 0 Å². The first kappa shape index (κ1) is 12.4. The van der Waals surface area contributed by atoms with Gasteiger partial charge in [-0.15, -0.1) is 0 Å². The highest BCUT2D eigenvalue weighted by atomic mass is 16.5. The Hall–Kier alpha value is -0.570. The molecule has 0 fully saturated rings. The summed E-state index contributed by atoms with van der Waals surface area (Å²) in [5.41, 5.74) is -0.996. The van der Waals surface area contributed by atoms with Crippen molar-refractivity contribution in [1.29, 1.82) is 0 Å². The Bertz CT molecular complexity index is 172. The lowest BCUT2D eigenvalue weighted by Crippen LogP contribution is -2.27. The Labute approximate surface area is 80.1 Å². The molecule has 0 saturated heterocycles. The molecule has 78 valence electrons. The van der Waals surface area contributed by atoms with Gasteiger partial charge in [-0.1, -0.05) is 20.8 Å². The van der Waals surface area contributed by atoms with Gasteiger partial charge in [0.25, 0.3) is 0 Å². The SMILES string of the molecule is CC(C)(C)COC(=O)CC(C)(C)O. The van der Waals surface area contributed by atoms with Crippen LogP contribution in [0.2, 0.25) is 0 Å². The van der Waals surface area contributed by atoms with Crippen molar-refractivity contribution in [2.24, 2.45) is 5.41 Å². The maximum Gasteiger partial charge on any atom is 0.308 e. The number of esters is 1. The first-order valence-electron chi connectivity index (χ1n) is 4.48. The largest absolute Gasteiger partial charge is 0.465 e. The van der Waals surface area contributed by atoms with Gasteiger partial charge in [-0.3, -0.25) is 4.79 Å². The third-order valence-corrected chi connectivity index (χ3v) is 1.24. The number of ether oxygens (including phenoxy) is 1. The standard InChI is InChI=1S/C10H20O3/c1-9(2,3)7-13-8(11)6-10(4,5)12/h12H,6-7H2,1-5H3. The van der Waals surface area contributed by atoms with Crippen LogP contribution in [0.4, 0.5) is 0 Å². The van der Waals surface area contributed by atoms with Gasteiger partial charge in [0.15, 0.2) is 0 Å². The summed E-state index contributed by atoms with van der Waals surface area (Å²) in [5.74, 6) is -0.345. The zero-order valence-corrected chi connectivity index (χ0v) is 9.18. The molecule has 3 heteroatoms. The third-order valence-electron chi connectivity index (χ3n) is 1.24. The van der Waals surface area contributed by atoms with E-state index >= 15 is 0 Å². The summed E-state index contributed by atoms with van der Waals surface area (Å²) in [6.07, 6.45) is 0.0447. The monoisotopic (exact) mass is 188 g/mol. The number of carbonyl (C=O) groups excluding carboxylic acids is 1. The lowest BCUT2D eigenvalue weighted by atomic mass is 9.98. The summed E-state index contributed by atoms with van der Waals surface area (Å²) in [5, 5.41) is 9.32. The van der Waals surface area contributed by atoms with E-state index in [-0.39, 0.29) is 17.8 Å². The van der Waals surface area contributed by atoms with Crippen LogP contribution in [0.15, 0.2) is 0 Å². The Kier molecular flexibility index (Phi) is 3.91. The van der Waals surface area contributed by atoms with Gasteiger partial charge in [-0.05, 0) is 19.3 Å². The Morgan fingerprint density at radius 3 is 2.00 bits per heavy atom. The molecule has 0 amide bonds. The fourth-order valence-corrected chi connectivity index (χ4v) is 0.701. The molecule has 0 radical (unpaired) electrons. The van der Waals surface area contributed by atoms with Crippen LogP contribution in [0.25, 0.3) is 0 Å². The minimum Gasteiger partial charge on any atom is -0.465 e. The predicted molar refractivity (Wildman–Crippen MR) is 51.3 cm³/mol. The van der Waals surface area contributed by atoms with Crippen LogP contribution >= 0.6 is 0 Å². The van der Waals surface area contributed by atoms with Crippen LogP contribution in [-0.2, 0) is 9.53 Å². The maximum atomic E-state index is 11.1. The molecule has 0 aromatic heterocycles. The van der Waals surface area contributed by atoms with Crippen LogP contribution in [0, 0.1) is 5.41 Å². The molecule has 0 aromatic rings. The van der Waals surface area contributed by atoms with Crippen molar-refractivity contribution < 1.29 is 14.6 Å². The van der Waals surface area contributed by atoms with Gasteiger partial charge in [0.1, 0.15) is 0 Å². The van der Waals surface area contributed by atoms with Gasteiger partial charge in [0.05, 0.1) is 18.6 Å². The lowest BCUT2D eigenvalue weighted by Gasteiger charge is -2.20. The van der Waals surface area contributed by atoms with Gasteiger partial charge in [-0.2, -0.15) is 0 Å². The molecule has 0 aliphatic heterocycles. The molecule has 0 aromatic carbocycles. The molecule has 0 rings (SSSR count).